The van der Waals surface area contributed by atoms with E-state index in [1.54, 1.807) is 6.07 Å². The maximum Gasteiger partial charge on any atom is 0.0712 e. The summed E-state index contributed by atoms with van der Waals surface area (Å²) in [6.07, 6.45) is 1.46. The third kappa shape index (κ3) is 3.58. The van der Waals surface area contributed by atoms with Crippen LogP contribution in [-0.2, 0) is 0 Å². The highest BCUT2D eigenvalue weighted by molar-refractivity contribution is 6.33. The molecule has 1 aromatic rings. The second kappa shape index (κ2) is 5.97. The number of benzene rings is 1. The highest BCUT2D eigenvalue weighted by Crippen LogP contribution is 2.26. The van der Waals surface area contributed by atoms with E-state index >= 15 is 0 Å². The molecule has 0 aromatic heterocycles. The van der Waals surface area contributed by atoms with Gasteiger partial charge in [-0.2, -0.15) is 0 Å². The molecule has 90 valence electrons. The Morgan fingerprint density at radius 2 is 2.19 bits per heavy atom. The van der Waals surface area contributed by atoms with Crippen molar-refractivity contribution in [1.82, 2.24) is 0 Å². The van der Waals surface area contributed by atoms with Crippen molar-refractivity contribution in [3.05, 3.63) is 22.7 Å². The van der Waals surface area contributed by atoms with E-state index in [0.717, 1.165) is 24.1 Å². The number of halogens is 1. The number of aliphatic hydroxyl groups is 1. The molecule has 0 amide bonds. The molecule has 0 bridgehead atoms. The number of aryl methyl sites for hydroxylation is 1. The molecular formula is C12H19ClN2O. The Morgan fingerprint density at radius 1 is 1.50 bits per heavy atom. The molecule has 4 N–H and O–H groups in total. The fourth-order valence-electron chi connectivity index (χ4n) is 1.56. The first-order chi connectivity index (χ1) is 7.54. The molecule has 1 atom stereocenters. The van der Waals surface area contributed by atoms with Crippen LogP contribution in [0.4, 0.5) is 11.4 Å². The van der Waals surface area contributed by atoms with Gasteiger partial charge in [0.2, 0.25) is 0 Å². The van der Waals surface area contributed by atoms with Crippen LogP contribution in [0.3, 0.4) is 0 Å². The minimum atomic E-state index is -0.319. The molecular weight excluding hydrogens is 224 g/mol. The minimum Gasteiger partial charge on any atom is -0.398 e. The second-order valence-electron chi connectivity index (χ2n) is 4.01. The zero-order chi connectivity index (χ0) is 12.1. The van der Waals surface area contributed by atoms with E-state index in [0.29, 0.717) is 17.3 Å². The van der Waals surface area contributed by atoms with E-state index < -0.39 is 0 Å². The Labute approximate surface area is 102 Å². The first-order valence-electron chi connectivity index (χ1n) is 5.52. The van der Waals surface area contributed by atoms with Gasteiger partial charge in [0.15, 0.2) is 0 Å². The van der Waals surface area contributed by atoms with Crippen LogP contribution in [0.1, 0.15) is 25.3 Å². The average molecular weight is 243 g/mol. The summed E-state index contributed by atoms with van der Waals surface area (Å²) in [5.74, 6) is 0. The zero-order valence-electron chi connectivity index (χ0n) is 9.76. The van der Waals surface area contributed by atoms with Crippen molar-refractivity contribution in [2.24, 2.45) is 0 Å². The Bertz CT molecular complexity index is 355. The maximum absolute atomic E-state index is 9.61. The van der Waals surface area contributed by atoms with Gasteiger partial charge in [0.1, 0.15) is 0 Å². The van der Waals surface area contributed by atoms with Crippen molar-refractivity contribution in [3.8, 4) is 0 Å². The number of nitrogens with one attached hydrogen (secondary N) is 1. The molecule has 16 heavy (non-hydrogen) atoms. The van der Waals surface area contributed by atoms with Gasteiger partial charge in [0, 0.05) is 12.2 Å². The topological polar surface area (TPSA) is 58.3 Å². The predicted octanol–water partition coefficient (Wildman–Crippen LogP) is 2.80. The summed E-state index contributed by atoms with van der Waals surface area (Å²) in [5.41, 5.74) is 8.22. The number of rotatable bonds is 5. The molecule has 0 fully saturated rings. The third-order valence-corrected chi connectivity index (χ3v) is 2.82. The number of aliphatic hydroxyl groups excluding tert-OH is 1. The summed E-state index contributed by atoms with van der Waals surface area (Å²) < 4.78 is 0. The highest BCUT2D eigenvalue weighted by atomic mass is 35.5. The lowest BCUT2D eigenvalue weighted by molar-refractivity contribution is 0.176. The van der Waals surface area contributed by atoms with Crippen LogP contribution in [0, 0.1) is 6.92 Å². The van der Waals surface area contributed by atoms with E-state index in [9.17, 15) is 5.11 Å². The van der Waals surface area contributed by atoms with Gasteiger partial charge >= 0.3 is 0 Å². The highest BCUT2D eigenvalue weighted by Gasteiger charge is 2.06. The number of hydrogen-bond donors (Lipinski definition) is 3. The van der Waals surface area contributed by atoms with Gasteiger partial charge in [-0.25, -0.2) is 0 Å². The SMILES string of the molecule is CCCC(O)CNc1cc(Cl)c(N)cc1C. The van der Waals surface area contributed by atoms with Crippen molar-refractivity contribution < 1.29 is 5.11 Å². The maximum atomic E-state index is 9.61. The van der Waals surface area contributed by atoms with Crippen LogP contribution >= 0.6 is 11.6 Å². The van der Waals surface area contributed by atoms with Gasteiger partial charge < -0.3 is 16.2 Å². The normalized spacial score (nSPS) is 12.5. The van der Waals surface area contributed by atoms with Gasteiger partial charge in [-0.05, 0) is 31.0 Å². The molecule has 0 aliphatic rings. The van der Waals surface area contributed by atoms with Crippen LogP contribution < -0.4 is 11.1 Å². The monoisotopic (exact) mass is 242 g/mol. The third-order valence-electron chi connectivity index (χ3n) is 2.49. The molecule has 0 saturated heterocycles. The van der Waals surface area contributed by atoms with E-state index in [-0.39, 0.29) is 6.10 Å². The Balaban J connectivity index is 2.63. The first-order valence-corrected chi connectivity index (χ1v) is 5.90. The Kier molecular flexibility index (Phi) is 4.90. The molecule has 0 saturated carbocycles. The molecule has 1 unspecified atom stereocenters. The molecule has 1 aromatic carbocycles. The average Bonchev–Trinajstić information content (AvgIpc) is 2.22. The number of nitrogen functional groups attached to an aromatic ring is 1. The fraction of sp³-hybridized carbons (Fsp3) is 0.500. The minimum absolute atomic E-state index is 0.319. The summed E-state index contributed by atoms with van der Waals surface area (Å²) in [4.78, 5) is 0. The summed E-state index contributed by atoms with van der Waals surface area (Å²) in [7, 11) is 0. The van der Waals surface area contributed by atoms with Crippen LogP contribution in [0.2, 0.25) is 5.02 Å². The molecule has 1 rings (SSSR count). The van der Waals surface area contributed by atoms with Crippen molar-refractivity contribution in [3.63, 3.8) is 0 Å². The van der Waals surface area contributed by atoms with Gasteiger partial charge in [-0.1, -0.05) is 24.9 Å². The molecule has 4 heteroatoms. The molecule has 3 nitrogen and oxygen atoms in total. The molecule has 0 aliphatic carbocycles. The Hall–Kier alpha value is -0.930. The van der Waals surface area contributed by atoms with Gasteiger partial charge in [0.05, 0.1) is 16.8 Å². The fourth-order valence-corrected chi connectivity index (χ4v) is 1.72. The summed E-state index contributed by atoms with van der Waals surface area (Å²) >= 11 is 5.93. The molecule has 0 aliphatic heterocycles. The summed E-state index contributed by atoms with van der Waals surface area (Å²) in [5, 5.41) is 13.3. The predicted molar refractivity (Wildman–Crippen MR) is 70.0 cm³/mol. The van der Waals surface area contributed by atoms with Gasteiger partial charge in [-0.15, -0.1) is 0 Å². The van der Waals surface area contributed by atoms with Crippen LogP contribution in [0.5, 0.6) is 0 Å². The molecule has 0 spiro atoms. The second-order valence-corrected chi connectivity index (χ2v) is 4.42. The van der Waals surface area contributed by atoms with E-state index in [1.165, 1.54) is 0 Å². The lowest BCUT2D eigenvalue weighted by Gasteiger charge is -2.14. The van der Waals surface area contributed by atoms with Gasteiger partial charge in [-0.3, -0.25) is 0 Å². The lowest BCUT2D eigenvalue weighted by atomic mass is 10.1. The van der Waals surface area contributed by atoms with E-state index in [4.69, 9.17) is 17.3 Å². The van der Waals surface area contributed by atoms with E-state index in [2.05, 4.69) is 12.2 Å². The number of anilines is 2. The Morgan fingerprint density at radius 3 is 2.81 bits per heavy atom. The number of hydrogen-bond acceptors (Lipinski definition) is 3. The van der Waals surface area contributed by atoms with Crippen molar-refractivity contribution in [1.29, 1.82) is 0 Å². The lowest BCUT2D eigenvalue weighted by Crippen LogP contribution is -2.19. The van der Waals surface area contributed by atoms with Crippen LogP contribution in [0.25, 0.3) is 0 Å². The van der Waals surface area contributed by atoms with Crippen molar-refractivity contribution in [2.75, 3.05) is 17.6 Å². The van der Waals surface area contributed by atoms with Crippen LogP contribution in [-0.4, -0.2) is 17.8 Å². The zero-order valence-corrected chi connectivity index (χ0v) is 10.5. The number of nitrogens with two attached hydrogens (primary N) is 1. The quantitative estimate of drug-likeness (QED) is 0.696. The summed E-state index contributed by atoms with van der Waals surface area (Å²) in [6.45, 7) is 4.55. The largest absolute Gasteiger partial charge is 0.398 e. The van der Waals surface area contributed by atoms with Crippen molar-refractivity contribution in [2.45, 2.75) is 32.8 Å². The summed E-state index contributed by atoms with van der Waals surface area (Å²) in [6, 6.07) is 3.63. The van der Waals surface area contributed by atoms with Gasteiger partial charge in [0.25, 0.3) is 0 Å². The smallest absolute Gasteiger partial charge is 0.0712 e. The van der Waals surface area contributed by atoms with E-state index in [1.807, 2.05) is 13.0 Å². The molecule has 0 radical (unpaired) electrons. The van der Waals surface area contributed by atoms with Crippen molar-refractivity contribution >= 4 is 23.0 Å². The van der Waals surface area contributed by atoms with Crippen LogP contribution in [0.15, 0.2) is 12.1 Å². The standard InChI is InChI=1S/C12H19ClN2O/c1-3-4-9(16)7-15-12-6-10(13)11(14)5-8(12)2/h5-6,9,15-16H,3-4,7,14H2,1-2H3. The molecule has 0 heterocycles. The first kappa shape index (κ1) is 13.1.